The molecule has 0 aliphatic heterocycles. The van der Waals surface area contributed by atoms with Gasteiger partial charge >= 0.3 is 0 Å². The van der Waals surface area contributed by atoms with Crippen LogP contribution in [0.25, 0.3) is 0 Å². The summed E-state index contributed by atoms with van der Waals surface area (Å²) in [5.41, 5.74) is 0.277. The van der Waals surface area contributed by atoms with E-state index in [1.807, 2.05) is 0 Å². The van der Waals surface area contributed by atoms with Crippen molar-refractivity contribution in [1.29, 1.82) is 0 Å². The van der Waals surface area contributed by atoms with Crippen LogP contribution in [0.3, 0.4) is 0 Å². The van der Waals surface area contributed by atoms with Crippen molar-refractivity contribution in [2.45, 2.75) is 13.3 Å². The van der Waals surface area contributed by atoms with Crippen molar-refractivity contribution in [3.8, 4) is 0 Å². The van der Waals surface area contributed by atoms with Crippen molar-refractivity contribution in [3.05, 3.63) is 12.2 Å². The van der Waals surface area contributed by atoms with E-state index in [1.54, 1.807) is 0 Å². The molecule has 0 saturated carbocycles. The SMILES string of the molecule is C=C(C)C(=O)CC(=O)N=C=O. The molecule has 0 spiro atoms. The molecule has 1 amide bonds. The van der Waals surface area contributed by atoms with E-state index in [0.29, 0.717) is 0 Å². The third kappa shape index (κ3) is 3.95. The predicted octanol–water partition coefficient (Wildman–Crippen LogP) is 0.384. The van der Waals surface area contributed by atoms with Crippen LogP contribution in [0.2, 0.25) is 0 Å². The third-order valence-electron chi connectivity index (χ3n) is 0.958. The molecule has 0 aliphatic carbocycles. The van der Waals surface area contributed by atoms with Gasteiger partial charge in [0, 0.05) is 0 Å². The van der Waals surface area contributed by atoms with E-state index in [-0.39, 0.29) is 5.57 Å². The summed E-state index contributed by atoms with van der Waals surface area (Å²) in [5.74, 6) is -1.19. The van der Waals surface area contributed by atoms with Crippen molar-refractivity contribution in [2.24, 2.45) is 4.99 Å². The summed E-state index contributed by atoms with van der Waals surface area (Å²) in [6, 6.07) is 0. The molecule has 0 rings (SSSR count). The minimum Gasteiger partial charge on any atom is -0.294 e. The fraction of sp³-hybridized carbons (Fsp3) is 0.286. The molecule has 0 saturated heterocycles. The van der Waals surface area contributed by atoms with Crippen molar-refractivity contribution >= 4 is 17.8 Å². The van der Waals surface area contributed by atoms with Gasteiger partial charge in [-0.15, -0.1) is 4.99 Å². The molecule has 0 aromatic carbocycles. The van der Waals surface area contributed by atoms with Crippen LogP contribution in [0.5, 0.6) is 0 Å². The molecule has 0 aromatic heterocycles. The summed E-state index contributed by atoms with van der Waals surface area (Å²) in [6.07, 6.45) is 0.657. The first-order valence-corrected chi connectivity index (χ1v) is 2.87. The van der Waals surface area contributed by atoms with Gasteiger partial charge in [-0.1, -0.05) is 6.58 Å². The number of isocyanates is 1. The van der Waals surface area contributed by atoms with E-state index in [1.165, 1.54) is 6.92 Å². The lowest BCUT2D eigenvalue weighted by molar-refractivity contribution is -0.124. The summed E-state index contributed by atoms with van der Waals surface area (Å²) in [4.78, 5) is 33.4. The highest BCUT2D eigenvalue weighted by molar-refractivity contribution is 6.07. The Hall–Kier alpha value is -1.54. The lowest BCUT2D eigenvalue weighted by atomic mass is 10.1. The zero-order valence-corrected chi connectivity index (χ0v) is 6.09. The minimum atomic E-state index is -0.784. The van der Waals surface area contributed by atoms with Crippen LogP contribution in [0.4, 0.5) is 0 Å². The number of Topliss-reactive ketones (excluding diaryl/α,β-unsaturated/α-hetero) is 1. The van der Waals surface area contributed by atoms with E-state index >= 15 is 0 Å². The van der Waals surface area contributed by atoms with Crippen molar-refractivity contribution < 1.29 is 14.4 Å². The van der Waals surface area contributed by atoms with Gasteiger partial charge in [-0.2, -0.15) is 0 Å². The molecule has 4 nitrogen and oxygen atoms in total. The maximum Gasteiger partial charge on any atom is 0.264 e. The van der Waals surface area contributed by atoms with Crippen LogP contribution in [-0.2, 0) is 14.4 Å². The second-order valence-electron chi connectivity index (χ2n) is 1.98. The molecule has 0 atom stereocenters. The number of amides is 1. The minimum absolute atomic E-state index is 0.277. The molecule has 0 unspecified atom stereocenters. The van der Waals surface area contributed by atoms with E-state index in [4.69, 9.17) is 0 Å². The van der Waals surface area contributed by atoms with Crippen LogP contribution in [0, 0.1) is 0 Å². The number of ketones is 1. The van der Waals surface area contributed by atoms with E-state index in [2.05, 4.69) is 11.6 Å². The smallest absolute Gasteiger partial charge is 0.264 e. The molecule has 0 N–H and O–H groups in total. The standard InChI is InChI=1S/C7H7NO3/c1-5(2)6(10)3-7(11)8-4-9/h1,3H2,2H3. The van der Waals surface area contributed by atoms with Gasteiger partial charge in [-0.05, 0) is 12.5 Å². The topological polar surface area (TPSA) is 63.6 Å². The van der Waals surface area contributed by atoms with Crippen LogP contribution >= 0.6 is 0 Å². The summed E-state index contributed by atoms with van der Waals surface area (Å²) in [6.45, 7) is 4.81. The van der Waals surface area contributed by atoms with Gasteiger partial charge in [-0.25, -0.2) is 4.79 Å². The number of allylic oxidation sites excluding steroid dienone is 1. The summed E-state index contributed by atoms with van der Waals surface area (Å²) in [7, 11) is 0. The summed E-state index contributed by atoms with van der Waals surface area (Å²) >= 11 is 0. The lowest BCUT2D eigenvalue weighted by Gasteiger charge is -1.91. The van der Waals surface area contributed by atoms with E-state index < -0.39 is 18.1 Å². The first-order chi connectivity index (χ1) is 5.07. The molecule has 0 heterocycles. The van der Waals surface area contributed by atoms with Gasteiger partial charge in [0.05, 0.1) is 6.42 Å². The zero-order valence-electron chi connectivity index (χ0n) is 6.09. The maximum absolute atomic E-state index is 10.7. The van der Waals surface area contributed by atoms with Gasteiger partial charge in [0.15, 0.2) is 5.78 Å². The van der Waals surface area contributed by atoms with Crippen LogP contribution in [0.15, 0.2) is 17.1 Å². The number of carbonyl (C=O) groups excluding carboxylic acids is 3. The lowest BCUT2D eigenvalue weighted by Crippen LogP contribution is -2.05. The second-order valence-corrected chi connectivity index (χ2v) is 1.98. The molecular weight excluding hydrogens is 146 g/mol. The maximum atomic E-state index is 10.7. The van der Waals surface area contributed by atoms with Gasteiger partial charge in [0.1, 0.15) is 0 Å². The third-order valence-corrected chi connectivity index (χ3v) is 0.958. The zero-order chi connectivity index (χ0) is 8.85. The summed E-state index contributed by atoms with van der Waals surface area (Å²) < 4.78 is 0. The molecule has 11 heavy (non-hydrogen) atoms. The molecule has 0 radical (unpaired) electrons. The highest BCUT2D eigenvalue weighted by Gasteiger charge is 2.07. The molecule has 0 bridgehead atoms. The Morgan fingerprint density at radius 1 is 1.55 bits per heavy atom. The first kappa shape index (κ1) is 9.46. The van der Waals surface area contributed by atoms with E-state index in [9.17, 15) is 14.4 Å². The van der Waals surface area contributed by atoms with Gasteiger partial charge in [0.2, 0.25) is 6.08 Å². The summed E-state index contributed by atoms with van der Waals surface area (Å²) in [5, 5.41) is 0. The van der Waals surface area contributed by atoms with Crippen LogP contribution in [0.1, 0.15) is 13.3 Å². The number of hydrogen-bond acceptors (Lipinski definition) is 3. The van der Waals surface area contributed by atoms with Crippen LogP contribution in [-0.4, -0.2) is 17.8 Å². The molecule has 0 aromatic rings. The molecule has 4 heteroatoms. The Bertz CT molecular complexity index is 236. The molecular formula is C7H7NO3. The average molecular weight is 153 g/mol. The quantitative estimate of drug-likeness (QED) is 0.255. The second kappa shape index (κ2) is 4.30. The Balaban J connectivity index is 4.06. The Labute approximate surface area is 63.6 Å². The molecule has 0 fully saturated rings. The van der Waals surface area contributed by atoms with Crippen LogP contribution < -0.4 is 0 Å². The number of hydrogen-bond donors (Lipinski definition) is 0. The normalized spacial score (nSPS) is 8.09. The monoisotopic (exact) mass is 153 g/mol. The number of nitrogens with zero attached hydrogens (tertiary/aromatic N) is 1. The van der Waals surface area contributed by atoms with Crippen molar-refractivity contribution in [3.63, 3.8) is 0 Å². The Morgan fingerprint density at radius 3 is 2.45 bits per heavy atom. The van der Waals surface area contributed by atoms with Crippen molar-refractivity contribution in [2.75, 3.05) is 0 Å². The fourth-order valence-corrected chi connectivity index (χ4v) is 0.379. The average Bonchev–Trinajstić information content (AvgIpc) is 1.87. The van der Waals surface area contributed by atoms with Gasteiger partial charge in [-0.3, -0.25) is 9.59 Å². The fourth-order valence-electron chi connectivity index (χ4n) is 0.379. The molecule has 0 aliphatic rings. The number of aliphatic imine (C=N–C) groups is 1. The predicted molar refractivity (Wildman–Crippen MR) is 37.6 cm³/mol. The van der Waals surface area contributed by atoms with Gasteiger partial charge in [0.25, 0.3) is 5.91 Å². The first-order valence-electron chi connectivity index (χ1n) is 2.87. The Morgan fingerprint density at radius 2 is 2.09 bits per heavy atom. The largest absolute Gasteiger partial charge is 0.294 e. The number of carbonyl (C=O) groups is 2. The number of rotatable bonds is 3. The molecule has 58 valence electrons. The Kier molecular flexibility index (Phi) is 3.70. The van der Waals surface area contributed by atoms with E-state index in [0.717, 1.165) is 6.08 Å². The highest BCUT2D eigenvalue weighted by Crippen LogP contribution is 1.95. The highest BCUT2D eigenvalue weighted by atomic mass is 16.2. The van der Waals surface area contributed by atoms with Crippen molar-refractivity contribution in [1.82, 2.24) is 0 Å². The van der Waals surface area contributed by atoms with Gasteiger partial charge < -0.3 is 0 Å².